The smallest absolute Gasteiger partial charge is 0.252 e. The predicted octanol–water partition coefficient (Wildman–Crippen LogP) is 4.63. The molecule has 5 nitrogen and oxygen atoms in total. The van der Waals surface area contributed by atoms with Crippen molar-refractivity contribution in [3.8, 4) is 5.75 Å². The third-order valence-electron chi connectivity index (χ3n) is 3.87. The number of likely N-dealkylation sites (N-methyl/N-ethyl adjacent to an activating group) is 1. The zero-order chi connectivity index (χ0) is 19.4. The lowest BCUT2D eigenvalue weighted by Gasteiger charge is -2.20. The molecule has 0 fully saturated rings. The Morgan fingerprint density at radius 2 is 2.11 bits per heavy atom. The molecule has 0 radical (unpaired) electrons. The van der Waals surface area contributed by atoms with Crippen molar-refractivity contribution in [2.75, 3.05) is 39.2 Å². The first-order valence-corrected chi connectivity index (χ1v) is 10.4. The Morgan fingerprint density at radius 1 is 1.30 bits per heavy atom. The molecule has 0 aliphatic heterocycles. The molecule has 1 amide bonds. The number of amides is 1. The van der Waals surface area contributed by atoms with E-state index in [1.54, 1.807) is 41.6 Å². The molecular weight excluding hydrogens is 402 g/mol. The molecule has 8 heteroatoms. The van der Waals surface area contributed by atoms with Crippen LogP contribution in [-0.4, -0.2) is 50.1 Å². The number of carbonyl (C=O) groups excluding carboxylic acids is 1. The standard InChI is InChI=1S/C19H20ClN3O2S2/c1-22(2)10-11-23(16(24)9-6-13-5-4-12-26-13)19-21-17-15(25-3)8-7-14(20)18(17)27-19/h4-9,12H,10-11H2,1-3H3/b9-6+. The van der Waals surface area contributed by atoms with E-state index >= 15 is 0 Å². The second kappa shape index (κ2) is 8.84. The van der Waals surface area contributed by atoms with Gasteiger partial charge in [-0.2, -0.15) is 0 Å². The zero-order valence-corrected chi connectivity index (χ0v) is 17.7. The van der Waals surface area contributed by atoms with E-state index < -0.39 is 0 Å². The van der Waals surface area contributed by atoms with Crippen molar-refractivity contribution in [2.45, 2.75) is 0 Å². The van der Waals surface area contributed by atoms with Crippen molar-refractivity contribution in [1.82, 2.24) is 9.88 Å². The first-order chi connectivity index (χ1) is 13.0. The highest BCUT2D eigenvalue weighted by Gasteiger charge is 2.20. The van der Waals surface area contributed by atoms with Crippen LogP contribution in [0.1, 0.15) is 4.88 Å². The number of rotatable bonds is 7. The van der Waals surface area contributed by atoms with Gasteiger partial charge in [0.15, 0.2) is 5.13 Å². The van der Waals surface area contributed by atoms with Gasteiger partial charge in [-0.15, -0.1) is 11.3 Å². The van der Waals surface area contributed by atoms with Gasteiger partial charge in [-0.1, -0.05) is 29.0 Å². The van der Waals surface area contributed by atoms with Crippen LogP contribution < -0.4 is 9.64 Å². The second-order valence-electron chi connectivity index (χ2n) is 6.07. The van der Waals surface area contributed by atoms with Gasteiger partial charge in [-0.25, -0.2) is 4.98 Å². The minimum Gasteiger partial charge on any atom is -0.494 e. The highest BCUT2D eigenvalue weighted by atomic mass is 35.5. The van der Waals surface area contributed by atoms with Gasteiger partial charge in [0.1, 0.15) is 11.3 Å². The largest absolute Gasteiger partial charge is 0.494 e. The van der Waals surface area contributed by atoms with Crippen LogP contribution in [0.3, 0.4) is 0 Å². The summed E-state index contributed by atoms with van der Waals surface area (Å²) >= 11 is 9.32. The number of thiophene rings is 1. The van der Waals surface area contributed by atoms with Crippen LogP contribution in [0, 0.1) is 0 Å². The molecule has 0 saturated carbocycles. The summed E-state index contributed by atoms with van der Waals surface area (Å²) in [5, 5.41) is 3.19. The topological polar surface area (TPSA) is 45.7 Å². The van der Waals surface area contributed by atoms with E-state index in [1.165, 1.54) is 11.3 Å². The van der Waals surface area contributed by atoms with E-state index in [0.29, 0.717) is 28.0 Å². The third kappa shape index (κ3) is 4.68. The number of benzene rings is 1. The number of methoxy groups -OCH3 is 1. The van der Waals surface area contributed by atoms with Crippen molar-refractivity contribution in [2.24, 2.45) is 0 Å². The molecule has 27 heavy (non-hydrogen) atoms. The molecule has 3 rings (SSSR count). The van der Waals surface area contributed by atoms with E-state index in [4.69, 9.17) is 16.3 Å². The summed E-state index contributed by atoms with van der Waals surface area (Å²) in [6.07, 6.45) is 3.42. The van der Waals surface area contributed by atoms with Crippen LogP contribution in [0.2, 0.25) is 5.02 Å². The first kappa shape index (κ1) is 19.8. The van der Waals surface area contributed by atoms with E-state index in [2.05, 4.69) is 4.98 Å². The quantitative estimate of drug-likeness (QED) is 0.522. The van der Waals surface area contributed by atoms with Crippen LogP contribution in [0.25, 0.3) is 16.3 Å². The minimum atomic E-state index is -0.112. The molecule has 3 aromatic rings. The molecule has 0 unspecified atom stereocenters. The van der Waals surface area contributed by atoms with Gasteiger partial charge < -0.3 is 9.64 Å². The number of thiazole rings is 1. The lowest BCUT2D eigenvalue weighted by atomic mass is 10.3. The Hall–Kier alpha value is -1.93. The maximum atomic E-state index is 12.9. The SMILES string of the molecule is COc1ccc(Cl)c2sc(N(CCN(C)C)C(=O)/C=C/c3cccs3)nc12. The number of aromatic nitrogens is 1. The van der Waals surface area contributed by atoms with Gasteiger partial charge in [0, 0.05) is 24.0 Å². The Labute approximate surface area is 171 Å². The number of anilines is 1. The van der Waals surface area contributed by atoms with Gasteiger partial charge in [-0.05, 0) is 43.8 Å². The number of fused-ring (bicyclic) bond motifs is 1. The fraction of sp³-hybridized carbons (Fsp3) is 0.263. The molecule has 0 aliphatic carbocycles. The number of hydrogen-bond donors (Lipinski definition) is 0. The first-order valence-electron chi connectivity index (χ1n) is 8.30. The zero-order valence-electron chi connectivity index (χ0n) is 15.3. The second-order valence-corrected chi connectivity index (χ2v) is 8.43. The van der Waals surface area contributed by atoms with Crippen molar-refractivity contribution in [3.05, 3.63) is 45.6 Å². The highest BCUT2D eigenvalue weighted by molar-refractivity contribution is 7.23. The van der Waals surface area contributed by atoms with E-state index in [0.717, 1.165) is 16.1 Å². The maximum absolute atomic E-state index is 12.9. The summed E-state index contributed by atoms with van der Waals surface area (Å²) < 4.78 is 6.21. The fourth-order valence-electron chi connectivity index (χ4n) is 2.45. The summed E-state index contributed by atoms with van der Waals surface area (Å²) in [5.41, 5.74) is 0.676. The minimum absolute atomic E-state index is 0.112. The van der Waals surface area contributed by atoms with Crippen molar-refractivity contribution in [3.63, 3.8) is 0 Å². The van der Waals surface area contributed by atoms with Gasteiger partial charge in [0.2, 0.25) is 0 Å². The molecule has 0 spiro atoms. The molecule has 2 heterocycles. The normalized spacial score (nSPS) is 11.6. The Kier molecular flexibility index (Phi) is 6.49. The van der Waals surface area contributed by atoms with Gasteiger partial charge in [0.25, 0.3) is 5.91 Å². The van der Waals surface area contributed by atoms with Gasteiger partial charge >= 0.3 is 0 Å². The maximum Gasteiger partial charge on any atom is 0.252 e. The van der Waals surface area contributed by atoms with Crippen molar-refractivity contribution < 1.29 is 9.53 Å². The number of hydrogen-bond acceptors (Lipinski definition) is 6. The third-order valence-corrected chi connectivity index (χ3v) is 6.24. The summed E-state index contributed by atoms with van der Waals surface area (Å²) in [7, 11) is 5.55. The lowest BCUT2D eigenvalue weighted by molar-refractivity contribution is -0.114. The van der Waals surface area contributed by atoms with Crippen LogP contribution in [0.15, 0.2) is 35.7 Å². The number of ether oxygens (including phenoxy) is 1. The average molecular weight is 422 g/mol. The molecule has 0 bridgehead atoms. The molecule has 0 aliphatic rings. The Bertz CT molecular complexity index is 951. The van der Waals surface area contributed by atoms with Crippen LogP contribution in [0.5, 0.6) is 5.75 Å². The molecule has 0 saturated heterocycles. The monoisotopic (exact) mass is 421 g/mol. The fourth-order valence-corrected chi connectivity index (χ4v) is 4.36. The molecule has 1 aromatic carbocycles. The summed E-state index contributed by atoms with van der Waals surface area (Å²) in [6.45, 7) is 1.25. The molecular formula is C19H20ClN3O2S2. The predicted molar refractivity (Wildman–Crippen MR) is 115 cm³/mol. The summed E-state index contributed by atoms with van der Waals surface area (Å²) in [5.74, 6) is 0.533. The van der Waals surface area contributed by atoms with Crippen LogP contribution in [-0.2, 0) is 4.79 Å². The molecule has 0 N–H and O–H groups in total. The summed E-state index contributed by atoms with van der Waals surface area (Å²) in [6, 6.07) is 7.51. The van der Waals surface area contributed by atoms with Crippen molar-refractivity contribution in [1.29, 1.82) is 0 Å². The van der Waals surface area contributed by atoms with Crippen LogP contribution in [0.4, 0.5) is 5.13 Å². The molecule has 0 atom stereocenters. The van der Waals surface area contributed by atoms with E-state index in [1.807, 2.05) is 42.6 Å². The van der Waals surface area contributed by atoms with Gasteiger partial charge in [-0.3, -0.25) is 9.69 Å². The molecule has 142 valence electrons. The number of halogens is 1. The molecule has 2 aromatic heterocycles. The Balaban J connectivity index is 1.96. The highest BCUT2D eigenvalue weighted by Crippen LogP contribution is 2.38. The van der Waals surface area contributed by atoms with E-state index in [9.17, 15) is 4.79 Å². The Morgan fingerprint density at radius 3 is 2.78 bits per heavy atom. The number of carbonyl (C=O) groups is 1. The summed E-state index contributed by atoms with van der Waals surface area (Å²) in [4.78, 5) is 22.3. The lowest BCUT2D eigenvalue weighted by Crippen LogP contribution is -2.35. The van der Waals surface area contributed by atoms with E-state index in [-0.39, 0.29) is 5.91 Å². The van der Waals surface area contributed by atoms with Crippen LogP contribution >= 0.6 is 34.3 Å². The van der Waals surface area contributed by atoms with Gasteiger partial charge in [0.05, 0.1) is 16.8 Å². The number of nitrogens with zero attached hydrogens (tertiary/aromatic N) is 3. The average Bonchev–Trinajstić information content (AvgIpc) is 3.30. The van der Waals surface area contributed by atoms with Crippen molar-refractivity contribution >= 4 is 61.6 Å².